The van der Waals surface area contributed by atoms with Gasteiger partial charge in [0.15, 0.2) is 0 Å². The van der Waals surface area contributed by atoms with E-state index in [1.807, 2.05) is 0 Å². The van der Waals surface area contributed by atoms with Crippen LogP contribution in [0.5, 0.6) is 0 Å². The van der Waals surface area contributed by atoms with Gasteiger partial charge in [-0.3, -0.25) is 0 Å². The summed E-state index contributed by atoms with van der Waals surface area (Å²) >= 11 is 3.51. The van der Waals surface area contributed by atoms with Crippen LogP contribution in [0.3, 0.4) is 0 Å². The van der Waals surface area contributed by atoms with Crippen LogP contribution in [-0.2, 0) is 0 Å². The molecule has 0 nitrogen and oxygen atoms in total. The zero-order chi connectivity index (χ0) is 6.48. The Kier molecular flexibility index (Phi) is 1.17. The molecule has 2 rings (SSSR count). The van der Waals surface area contributed by atoms with Crippen LogP contribution >= 0.6 is 15.9 Å². The van der Waals surface area contributed by atoms with Crippen LogP contribution < -0.4 is 0 Å². The van der Waals surface area contributed by atoms with E-state index in [4.69, 9.17) is 0 Å². The summed E-state index contributed by atoms with van der Waals surface area (Å²) in [7, 11) is 0. The molecule has 0 aromatic carbocycles. The Morgan fingerprint density at radius 2 is 1.78 bits per heavy atom. The Bertz CT molecular complexity index is 103. The molecule has 52 valence electrons. The third kappa shape index (κ3) is 0.830. The minimum atomic E-state index is -0.468. The number of hydrogen-bond donors (Lipinski definition) is 0. The van der Waals surface area contributed by atoms with Crippen molar-refractivity contribution in [2.24, 2.45) is 5.41 Å². The molecule has 0 aliphatic heterocycles. The largest absolute Gasteiger partial charge is 0.247 e. The summed E-state index contributed by atoms with van der Waals surface area (Å²) in [5.74, 6) is 0. The lowest BCUT2D eigenvalue weighted by atomic mass is 9.55. The second kappa shape index (κ2) is 1.71. The summed E-state index contributed by atoms with van der Waals surface area (Å²) in [6.45, 7) is 0. The Labute approximate surface area is 63.0 Å². The van der Waals surface area contributed by atoms with Crippen LogP contribution in [-0.4, -0.2) is 11.0 Å². The highest BCUT2D eigenvalue weighted by Gasteiger charge is 2.52. The third-order valence-electron chi connectivity index (χ3n) is 2.62. The van der Waals surface area contributed by atoms with Crippen LogP contribution in [0.15, 0.2) is 0 Å². The number of alkyl halides is 2. The molecule has 2 fully saturated rings. The van der Waals surface area contributed by atoms with E-state index in [2.05, 4.69) is 15.9 Å². The summed E-state index contributed by atoms with van der Waals surface area (Å²) in [6, 6.07) is 0. The van der Waals surface area contributed by atoms with Gasteiger partial charge in [-0.25, -0.2) is 4.39 Å². The minimum Gasteiger partial charge on any atom is -0.247 e. The van der Waals surface area contributed by atoms with E-state index >= 15 is 0 Å². The fourth-order valence-corrected chi connectivity index (χ4v) is 3.47. The molecule has 0 atom stereocenters. The van der Waals surface area contributed by atoms with Gasteiger partial charge in [-0.05, 0) is 31.1 Å². The van der Waals surface area contributed by atoms with Crippen molar-refractivity contribution >= 4 is 15.9 Å². The highest BCUT2D eigenvalue weighted by molar-refractivity contribution is 9.09. The lowest BCUT2D eigenvalue weighted by molar-refractivity contribution is -0.0343. The summed E-state index contributed by atoms with van der Waals surface area (Å²) in [5, 5.41) is 0. The molecule has 2 heteroatoms. The lowest BCUT2D eigenvalue weighted by Gasteiger charge is -2.54. The van der Waals surface area contributed by atoms with Gasteiger partial charge in [0.05, 0.1) is 0 Å². The number of rotatable bonds is 0. The van der Waals surface area contributed by atoms with Crippen LogP contribution in [0.4, 0.5) is 4.39 Å². The molecular formula is C7H10BrF. The molecule has 0 aromatic heterocycles. The minimum absolute atomic E-state index is 0.466. The molecular weight excluding hydrogens is 183 g/mol. The lowest BCUT2D eigenvalue weighted by Crippen LogP contribution is -2.48. The van der Waals surface area contributed by atoms with E-state index in [9.17, 15) is 4.39 Å². The van der Waals surface area contributed by atoms with Gasteiger partial charge in [0.2, 0.25) is 0 Å². The first-order valence-electron chi connectivity index (χ1n) is 3.48. The Morgan fingerprint density at radius 3 is 2.11 bits per heavy atom. The first-order valence-corrected chi connectivity index (χ1v) is 4.40. The summed E-state index contributed by atoms with van der Waals surface area (Å²) in [4.78, 5) is 0.699. The first kappa shape index (κ1) is 6.14. The molecule has 0 bridgehead atoms. The normalized spacial score (nSPS) is 56.7. The van der Waals surface area contributed by atoms with Gasteiger partial charge in [0.25, 0.3) is 0 Å². The predicted octanol–water partition coefficient (Wildman–Crippen LogP) is 2.66. The van der Waals surface area contributed by atoms with Gasteiger partial charge in [-0.2, -0.15) is 0 Å². The van der Waals surface area contributed by atoms with Crippen molar-refractivity contribution in [3.05, 3.63) is 0 Å². The maximum absolute atomic E-state index is 12.3. The average Bonchev–Trinajstić information content (AvgIpc) is 1.58. The zero-order valence-corrected chi connectivity index (χ0v) is 6.83. The summed E-state index contributed by atoms with van der Waals surface area (Å²) in [6.07, 6.45) is 3.65. The summed E-state index contributed by atoms with van der Waals surface area (Å²) in [5.41, 5.74) is 0.466. The molecule has 2 saturated carbocycles. The maximum Gasteiger partial charge on any atom is 0.101 e. The van der Waals surface area contributed by atoms with Gasteiger partial charge in [-0.1, -0.05) is 15.9 Å². The van der Waals surface area contributed by atoms with E-state index in [-0.39, 0.29) is 0 Å². The van der Waals surface area contributed by atoms with Crippen LogP contribution in [0, 0.1) is 5.41 Å². The predicted molar refractivity (Wildman–Crippen MR) is 38.5 cm³/mol. The fraction of sp³-hybridized carbons (Fsp3) is 1.00. The maximum atomic E-state index is 12.3. The molecule has 0 N–H and O–H groups in total. The molecule has 0 amide bonds. The van der Waals surface area contributed by atoms with E-state index in [0.29, 0.717) is 10.2 Å². The highest BCUT2D eigenvalue weighted by Crippen LogP contribution is 2.58. The monoisotopic (exact) mass is 192 g/mol. The van der Waals surface area contributed by atoms with Crippen molar-refractivity contribution in [3.8, 4) is 0 Å². The number of hydrogen-bond acceptors (Lipinski definition) is 0. The molecule has 2 aliphatic carbocycles. The molecule has 9 heavy (non-hydrogen) atoms. The van der Waals surface area contributed by atoms with Gasteiger partial charge >= 0.3 is 0 Å². The molecule has 0 unspecified atom stereocenters. The Balaban J connectivity index is 1.87. The first-order chi connectivity index (χ1) is 4.20. The topological polar surface area (TPSA) is 0 Å². The van der Waals surface area contributed by atoms with Crippen LogP contribution in [0.2, 0.25) is 0 Å². The average molecular weight is 193 g/mol. The fourth-order valence-electron chi connectivity index (χ4n) is 2.09. The molecule has 0 saturated heterocycles. The quantitative estimate of drug-likeness (QED) is 0.519. The Morgan fingerprint density at radius 1 is 1.22 bits per heavy atom. The standard InChI is InChI=1S/C7H10BrF/c8-5-1-7(2-5)3-6(9)4-7/h5-6H,1-4H2. The number of halogens is 2. The van der Waals surface area contributed by atoms with Crippen LogP contribution in [0.25, 0.3) is 0 Å². The molecule has 2 aliphatic rings. The van der Waals surface area contributed by atoms with Gasteiger partial charge < -0.3 is 0 Å². The van der Waals surface area contributed by atoms with E-state index < -0.39 is 6.17 Å². The van der Waals surface area contributed by atoms with Gasteiger partial charge in [0, 0.05) is 4.83 Å². The SMILES string of the molecule is FC1CC2(C1)CC(Br)C2. The highest BCUT2D eigenvalue weighted by atomic mass is 79.9. The molecule has 0 heterocycles. The zero-order valence-electron chi connectivity index (χ0n) is 5.24. The molecule has 1 spiro atoms. The molecule has 0 radical (unpaired) electrons. The Hall–Kier alpha value is 0.410. The van der Waals surface area contributed by atoms with E-state index in [1.54, 1.807) is 0 Å². The molecule has 0 aromatic rings. The van der Waals surface area contributed by atoms with E-state index in [0.717, 1.165) is 12.8 Å². The third-order valence-corrected chi connectivity index (χ3v) is 3.27. The smallest absolute Gasteiger partial charge is 0.101 e. The van der Waals surface area contributed by atoms with Crippen molar-refractivity contribution in [2.45, 2.75) is 36.7 Å². The van der Waals surface area contributed by atoms with Crippen molar-refractivity contribution < 1.29 is 4.39 Å². The van der Waals surface area contributed by atoms with Crippen LogP contribution in [0.1, 0.15) is 25.7 Å². The van der Waals surface area contributed by atoms with Gasteiger partial charge in [-0.15, -0.1) is 0 Å². The summed E-state index contributed by atoms with van der Waals surface area (Å²) < 4.78 is 12.3. The van der Waals surface area contributed by atoms with E-state index in [1.165, 1.54) is 12.8 Å². The van der Waals surface area contributed by atoms with Crippen molar-refractivity contribution in [1.29, 1.82) is 0 Å². The van der Waals surface area contributed by atoms with Crippen molar-refractivity contribution in [1.82, 2.24) is 0 Å². The van der Waals surface area contributed by atoms with Crippen molar-refractivity contribution in [2.75, 3.05) is 0 Å². The second-order valence-corrected chi connectivity index (χ2v) is 4.81. The van der Waals surface area contributed by atoms with Gasteiger partial charge in [0.1, 0.15) is 6.17 Å². The second-order valence-electron chi connectivity index (χ2n) is 3.51. The van der Waals surface area contributed by atoms with Crippen molar-refractivity contribution in [3.63, 3.8) is 0 Å².